The lowest BCUT2D eigenvalue weighted by molar-refractivity contribution is 0.262. The number of likely N-dealkylation sites (N-methyl/N-ethyl adjacent to an activating group) is 1. The summed E-state index contributed by atoms with van der Waals surface area (Å²) < 4.78 is 0. The molecule has 0 fully saturated rings. The smallest absolute Gasteiger partial charge is 0.193 e. The van der Waals surface area contributed by atoms with Gasteiger partial charge in [-0.05, 0) is 0 Å². The molecule has 58 valence electrons. The third kappa shape index (κ3) is 1.60. The van der Waals surface area contributed by atoms with Crippen LogP contribution in [0.4, 0.5) is 0 Å². The molecule has 1 aliphatic heterocycles. The lowest BCUT2D eigenvalue weighted by atomic mass is 10.6. The van der Waals surface area contributed by atoms with Crippen LogP contribution < -0.4 is 5.32 Å². The van der Waals surface area contributed by atoms with Gasteiger partial charge in [0.15, 0.2) is 5.96 Å². The fourth-order valence-electron chi connectivity index (χ4n) is 0.897. The van der Waals surface area contributed by atoms with Crippen LogP contribution in [-0.4, -0.2) is 49.3 Å². The summed E-state index contributed by atoms with van der Waals surface area (Å²) in [5.41, 5.74) is 0. The molecule has 0 aromatic rings. The number of hydrogen-bond donors (Lipinski definition) is 2. The van der Waals surface area contributed by atoms with Gasteiger partial charge in [-0.3, -0.25) is 4.99 Å². The summed E-state index contributed by atoms with van der Waals surface area (Å²) in [6, 6.07) is 0. The Labute approximate surface area is 60.6 Å². The quantitative estimate of drug-likeness (QED) is 0.514. The van der Waals surface area contributed by atoms with Gasteiger partial charge in [0.1, 0.15) is 0 Å². The van der Waals surface area contributed by atoms with Gasteiger partial charge in [0.25, 0.3) is 0 Å². The van der Waals surface area contributed by atoms with Crippen molar-refractivity contribution in [3.63, 3.8) is 0 Å². The van der Waals surface area contributed by atoms with Crippen LogP contribution in [0.3, 0.4) is 0 Å². The minimum Gasteiger partial charge on any atom is -0.395 e. The maximum absolute atomic E-state index is 8.57. The summed E-state index contributed by atoms with van der Waals surface area (Å²) in [6.07, 6.45) is 0. The molecule has 0 amide bonds. The Hall–Kier alpha value is -0.770. The average molecular weight is 143 g/mol. The molecule has 0 atom stereocenters. The lowest BCUT2D eigenvalue weighted by Crippen LogP contribution is -2.37. The van der Waals surface area contributed by atoms with E-state index in [0.29, 0.717) is 6.54 Å². The minimum absolute atomic E-state index is 0.178. The Kier molecular flexibility index (Phi) is 2.50. The van der Waals surface area contributed by atoms with Gasteiger partial charge in [-0.15, -0.1) is 0 Å². The zero-order valence-corrected chi connectivity index (χ0v) is 6.17. The van der Waals surface area contributed by atoms with E-state index in [1.54, 1.807) is 0 Å². The van der Waals surface area contributed by atoms with E-state index in [-0.39, 0.29) is 6.61 Å². The third-order valence-corrected chi connectivity index (χ3v) is 1.45. The van der Waals surface area contributed by atoms with Gasteiger partial charge in [-0.25, -0.2) is 0 Å². The molecular weight excluding hydrogens is 130 g/mol. The molecule has 0 saturated carbocycles. The summed E-state index contributed by atoms with van der Waals surface area (Å²) in [6.45, 7) is 2.60. The average Bonchev–Trinajstić information content (AvgIpc) is 2.38. The highest BCUT2D eigenvalue weighted by atomic mass is 16.3. The number of guanidine groups is 1. The third-order valence-electron chi connectivity index (χ3n) is 1.45. The SMILES string of the molecule is CN(CCO)C1=NCCN1. The highest BCUT2D eigenvalue weighted by Gasteiger charge is 2.08. The van der Waals surface area contributed by atoms with Crippen LogP contribution in [0.5, 0.6) is 0 Å². The molecule has 0 aromatic carbocycles. The van der Waals surface area contributed by atoms with Crippen molar-refractivity contribution in [1.82, 2.24) is 10.2 Å². The molecule has 0 unspecified atom stereocenters. The van der Waals surface area contributed by atoms with E-state index in [1.165, 1.54) is 0 Å². The van der Waals surface area contributed by atoms with Gasteiger partial charge < -0.3 is 15.3 Å². The van der Waals surface area contributed by atoms with Crippen molar-refractivity contribution < 1.29 is 5.11 Å². The minimum atomic E-state index is 0.178. The number of nitrogens with one attached hydrogen (secondary N) is 1. The Morgan fingerprint density at radius 2 is 2.60 bits per heavy atom. The fourth-order valence-corrected chi connectivity index (χ4v) is 0.897. The molecule has 2 N–H and O–H groups in total. The van der Waals surface area contributed by atoms with E-state index < -0.39 is 0 Å². The topological polar surface area (TPSA) is 47.9 Å². The lowest BCUT2D eigenvalue weighted by Gasteiger charge is -2.16. The molecule has 0 aliphatic carbocycles. The molecule has 1 aliphatic rings. The van der Waals surface area contributed by atoms with Gasteiger partial charge in [0.2, 0.25) is 0 Å². The first-order chi connectivity index (χ1) is 4.84. The first kappa shape index (κ1) is 7.34. The zero-order valence-electron chi connectivity index (χ0n) is 6.17. The van der Waals surface area contributed by atoms with Crippen molar-refractivity contribution in [3.05, 3.63) is 0 Å². The molecule has 0 bridgehead atoms. The number of aliphatic imine (C=N–C) groups is 1. The van der Waals surface area contributed by atoms with Gasteiger partial charge >= 0.3 is 0 Å². The molecular formula is C6H13N3O. The van der Waals surface area contributed by atoms with Gasteiger partial charge in [0.05, 0.1) is 13.2 Å². The maximum Gasteiger partial charge on any atom is 0.193 e. The second-order valence-corrected chi connectivity index (χ2v) is 2.28. The van der Waals surface area contributed by atoms with Crippen molar-refractivity contribution in [2.75, 3.05) is 33.3 Å². The fraction of sp³-hybridized carbons (Fsp3) is 0.833. The van der Waals surface area contributed by atoms with Crippen LogP contribution >= 0.6 is 0 Å². The first-order valence-corrected chi connectivity index (χ1v) is 3.45. The van der Waals surface area contributed by atoms with Crippen LogP contribution in [0.1, 0.15) is 0 Å². The molecule has 0 aromatic heterocycles. The monoisotopic (exact) mass is 143 g/mol. The normalized spacial score (nSPS) is 16.4. The van der Waals surface area contributed by atoms with Gasteiger partial charge in [0, 0.05) is 20.1 Å². The number of rotatable bonds is 2. The Morgan fingerprint density at radius 3 is 3.10 bits per heavy atom. The van der Waals surface area contributed by atoms with Gasteiger partial charge in [-0.1, -0.05) is 0 Å². The van der Waals surface area contributed by atoms with Crippen LogP contribution in [-0.2, 0) is 0 Å². The second kappa shape index (κ2) is 3.41. The molecule has 10 heavy (non-hydrogen) atoms. The van der Waals surface area contributed by atoms with Crippen molar-refractivity contribution in [3.8, 4) is 0 Å². The van der Waals surface area contributed by atoms with E-state index in [1.807, 2.05) is 11.9 Å². The predicted octanol–water partition coefficient (Wildman–Crippen LogP) is -1.13. The molecule has 1 heterocycles. The van der Waals surface area contributed by atoms with E-state index in [2.05, 4.69) is 10.3 Å². The van der Waals surface area contributed by atoms with Crippen LogP contribution in [0.25, 0.3) is 0 Å². The number of nitrogens with zero attached hydrogens (tertiary/aromatic N) is 2. The van der Waals surface area contributed by atoms with E-state index >= 15 is 0 Å². The summed E-state index contributed by atoms with van der Waals surface area (Å²) in [5.74, 6) is 0.897. The Balaban J connectivity index is 2.32. The summed E-state index contributed by atoms with van der Waals surface area (Å²) in [4.78, 5) is 6.08. The largest absolute Gasteiger partial charge is 0.395 e. The predicted molar refractivity (Wildman–Crippen MR) is 40.0 cm³/mol. The van der Waals surface area contributed by atoms with E-state index in [9.17, 15) is 0 Å². The highest BCUT2D eigenvalue weighted by molar-refractivity contribution is 5.81. The van der Waals surface area contributed by atoms with E-state index in [0.717, 1.165) is 19.0 Å². The molecule has 1 rings (SSSR count). The van der Waals surface area contributed by atoms with E-state index in [4.69, 9.17) is 5.11 Å². The van der Waals surface area contributed by atoms with Crippen LogP contribution in [0, 0.1) is 0 Å². The standard InChI is InChI=1S/C6H13N3O/c1-9(4-5-10)6-7-2-3-8-6/h10H,2-5H2,1H3,(H,7,8). The Morgan fingerprint density at radius 1 is 1.80 bits per heavy atom. The zero-order chi connectivity index (χ0) is 7.40. The first-order valence-electron chi connectivity index (χ1n) is 3.45. The maximum atomic E-state index is 8.57. The van der Waals surface area contributed by atoms with Crippen molar-refractivity contribution in [2.24, 2.45) is 4.99 Å². The Bertz CT molecular complexity index is 135. The number of aliphatic hydroxyl groups is 1. The van der Waals surface area contributed by atoms with Crippen molar-refractivity contribution in [2.45, 2.75) is 0 Å². The summed E-state index contributed by atoms with van der Waals surface area (Å²) >= 11 is 0. The summed E-state index contributed by atoms with van der Waals surface area (Å²) in [5, 5.41) is 11.7. The molecule has 0 spiro atoms. The van der Waals surface area contributed by atoms with Gasteiger partial charge in [-0.2, -0.15) is 0 Å². The summed E-state index contributed by atoms with van der Waals surface area (Å²) in [7, 11) is 1.91. The second-order valence-electron chi connectivity index (χ2n) is 2.28. The molecule has 4 heteroatoms. The number of aliphatic hydroxyl groups excluding tert-OH is 1. The molecule has 4 nitrogen and oxygen atoms in total. The van der Waals surface area contributed by atoms with Crippen molar-refractivity contribution >= 4 is 5.96 Å². The molecule has 0 radical (unpaired) electrons. The van der Waals surface area contributed by atoms with Crippen molar-refractivity contribution in [1.29, 1.82) is 0 Å². The number of hydrogen-bond acceptors (Lipinski definition) is 4. The molecule has 0 saturated heterocycles. The highest BCUT2D eigenvalue weighted by Crippen LogP contribution is 1.89. The van der Waals surface area contributed by atoms with Crippen LogP contribution in [0.15, 0.2) is 4.99 Å². The van der Waals surface area contributed by atoms with Crippen LogP contribution in [0.2, 0.25) is 0 Å².